The molecule has 4 nitrogen and oxygen atoms in total. The third-order valence-electron chi connectivity index (χ3n) is 2.87. The summed E-state index contributed by atoms with van der Waals surface area (Å²) in [7, 11) is 0. The predicted octanol–water partition coefficient (Wildman–Crippen LogP) is 2.67. The monoisotopic (exact) mass is 337 g/mol. The van der Waals surface area contributed by atoms with Crippen LogP contribution in [-0.2, 0) is 14.3 Å². The van der Waals surface area contributed by atoms with Crippen molar-refractivity contribution in [1.82, 2.24) is 5.32 Å². The molecule has 1 amide bonds. The first-order chi connectivity index (χ1) is 9.54. The molecule has 1 saturated carbocycles. The van der Waals surface area contributed by atoms with E-state index in [4.69, 9.17) is 4.74 Å². The largest absolute Gasteiger partial charge is 0.449 e. The molecule has 0 aromatic heterocycles. The van der Waals surface area contributed by atoms with E-state index in [1.165, 1.54) is 6.08 Å². The topological polar surface area (TPSA) is 55.4 Å². The van der Waals surface area contributed by atoms with Crippen LogP contribution in [0.15, 0.2) is 34.8 Å². The normalized spacial score (nSPS) is 15.9. The first-order valence-corrected chi connectivity index (χ1v) is 7.28. The van der Waals surface area contributed by atoms with Gasteiger partial charge in [0.05, 0.1) is 0 Å². The Morgan fingerprint density at radius 3 is 2.60 bits per heavy atom. The van der Waals surface area contributed by atoms with Crippen molar-refractivity contribution in [2.24, 2.45) is 0 Å². The second kappa shape index (κ2) is 6.70. The molecule has 0 bridgehead atoms. The van der Waals surface area contributed by atoms with Gasteiger partial charge in [0.1, 0.15) is 0 Å². The molecule has 0 heterocycles. The SMILES string of the molecule is C[C@H](OC(=O)/C=C/c1ccc(Br)cc1)C(=O)NC1CC1. The van der Waals surface area contributed by atoms with Gasteiger partial charge in [-0.3, -0.25) is 4.79 Å². The van der Waals surface area contributed by atoms with Crippen molar-refractivity contribution in [2.45, 2.75) is 31.9 Å². The van der Waals surface area contributed by atoms with Gasteiger partial charge in [-0.2, -0.15) is 0 Å². The lowest BCUT2D eigenvalue weighted by Gasteiger charge is -2.11. The molecule has 1 aliphatic carbocycles. The number of hydrogen-bond acceptors (Lipinski definition) is 3. The molecule has 1 fully saturated rings. The van der Waals surface area contributed by atoms with Crippen LogP contribution >= 0.6 is 15.9 Å². The number of hydrogen-bond donors (Lipinski definition) is 1. The summed E-state index contributed by atoms with van der Waals surface area (Å²) >= 11 is 3.34. The number of carbonyl (C=O) groups is 2. The smallest absolute Gasteiger partial charge is 0.331 e. The van der Waals surface area contributed by atoms with Gasteiger partial charge in [-0.1, -0.05) is 28.1 Å². The average Bonchev–Trinajstić information content (AvgIpc) is 3.22. The second-order valence-electron chi connectivity index (χ2n) is 4.75. The minimum absolute atomic E-state index is 0.238. The first-order valence-electron chi connectivity index (χ1n) is 6.49. The molecule has 2 rings (SSSR count). The Balaban J connectivity index is 1.81. The van der Waals surface area contributed by atoms with Crippen molar-refractivity contribution >= 4 is 33.9 Å². The summed E-state index contributed by atoms with van der Waals surface area (Å²) in [5.41, 5.74) is 0.889. The van der Waals surface area contributed by atoms with E-state index in [-0.39, 0.29) is 11.9 Å². The third-order valence-corrected chi connectivity index (χ3v) is 3.40. The molecule has 0 radical (unpaired) electrons. The molecule has 106 valence electrons. The quantitative estimate of drug-likeness (QED) is 0.663. The van der Waals surface area contributed by atoms with Crippen molar-refractivity contribution in [3.8, 4) is 0 Å². The van der Waals surface area contributed by atoms with Crippen molar-refractivity contribution in [3.05, 3.63) is 40.4 Å². The molecule has 0 aliphatic heterocycles. The highest BCUT2D eigenvalue weighted by Gasteiger charge is 2.26. The highest BCUT2D eigenvalue weighted by Crippen LogP contribution is 2.18. The van der Waals surface area contributed by atoms with E-state index < -0.39 is 12.1 Å². The standard InChI is InChI=1S/C15H16BrNO3/c1-10(15(19)17-13-7-8-13)20-14(18)9-4-11-2-5-12(16)6-3-11/h2-6,9-10,13H,7-8H2,1H3,(H,17,19)/b9-4+/t10-/m0/s1. The summed E-state index contributed by atoms with van der Waals surface area (Å²) in [6.45, 7) is 1.57. The number of benzene rings is 1. The molecule has 0 saturated heterocycles. The van der Waals surface area contributed by atoms with Gasteiger partial charge in [0.2, 0.25) is 0 Å². The first kappa shape index (κ1) is 14.8. The summed E-state index contributed by atoms with van der Waals surface area (Å²) in [6, 6.07) is 7.78. The Morgan fingerprint density at radius 2 is 2.00 bits per heavy atom. The van der Waals surface area contributed by atoms with Crippen LogP contribution in [0.5, 0.6) is 0 Å². The lowest BCUT2D eigenvalue weighted by atomic mass is 10.2. The number of esters is 1. The molecular formula is C15H16BrNO3. The van der Waals surface area contributed by atoms with Crippen LogP contribution in [0.2, 0.25) is 0 Å². The van der Waals surface area contributed by atoms with Gasteiger partial charge in [-0.05, 0) is 43.5 Å². The molecule has 1 aromatic carbocycles. The Labute approximate surface area is 126 Å². The van der Waals surface area contributed by atoms with Crippen molar-refractivity contribution in [2.75, 3.05) is 0 Å². The molecule has 1 aliphatic rings. The third kappa shape index (κ3) is 4.81. The maximum Gasteiger partial charge on any atom is 0.331 e. The summed E-state index contributed by atoms with van der Waals surface area (Å²) in [5.74, 6) is -0.760. The fourth-order valence-electron chi connectivity index (χ4n) is 1.55. The van der Waals surface area contributed by atoms with Gasteiger partial charge in [-0.15, -0.1) is 0 Å². The highest BCUT2D eigenvalue weighted by atomic mass is 79.9. The summed E-state index contributed by atoms with van der Waals surface area (Å²) < 4.78 is 6.01. The molecule has 5 heteroatoms. The zero-order valence-electron chi connectivity index (χ0n) is 11.1. The van der Waals surface area contributed by atoms with E-state index in [2.05, 4.69) is 21.2 Å². The van der Waals surface area contributed by atoms with E-state index >= 15 is 0 Å². The fraction of sp³-hybridized carbons (Fsp3) is 0.333. The summed E-state index contributed by atoms with van der Waals surface area (Å²) in [6.07, 6.45) is 4.23. The van der Waals surface area contributed by atoms with Crippen LogP contribution in [0, 0.1) is 0 Å². The minimum Gasteiger partial charge on any atom is -0.449 e. The van der Waals surface area contributed by atoms with Gasteiger partial charge in [0.15, 0.2) is 6.10 Å². The van der Waals surface area contributed by atoms with Crippen LogP contribution < -0.4 is 5.32 Å². The van der Waals surface area contributed by atoms with Crippen LogP contribution in [0.1, 0.15) is 25.3 Å². The number of halogens is 1. The lowest BCUT2D eigenvalue weighted by molar-refractivity contribution is -0.150. The van der Waals surface area contributed by atoms with Crippen LogP contribution in [0.3, 0.4) is 0 Å². The molecule has 1 atom stereocenters. The fourth-order valence-corrected chi connectivity index (χ4v) is 1.82. The van der Waals surface area contributed by atoms with Crippen molar-refractivity contribution in [1.29, 1.82) is 0 Å². The van der Waals surface area contributed by atoms with E-state index in [9.17, 15) is 9.59 Å². The molecule has 1 N–H and O–H groups in total. The maximum atomic E-state index is 11.6. The zero-order valence-corrected chi connectivity index (χ0v) is 12.7. The highest BCUT2D eigenvalue weighted by molar-refractivity contribution is 9.10. The molecule has 1 aromatic rings. The number of amides is 1. The second-order valence-corrected chi connectivity index (χ2v) is 5.66. The van der Waals surface area contributed by atoms with Crippen molar-refractivity contribution < 1.29 is 14.3 Å². The summed E-state index contributed by atoms with van der Waals surface area (Å²) in [4.78, 5) is 23.2. The Bertz CT molecular complexity index is 520. The Hall–Kier alpha value is -1.62. The number of ether oxygens (including phenoxy) is 1. The van der Waals surface area contributed by atoms with Gasteiger partial charge in [0.25, 0.3) is 5.91 Å². The van der Waals surface area contributed by atoms with E-state index in [1.807, 2.05) is 24.3 Å². The van der Waals surface area contributed by atoms with Gasteiger partial charge < -0.3 is 10.1 Å². The number of rotatable bonds is 5. The predicted molar refractivity (Wildman–Crippen MR) is 79.9 cm³/mol. The summed E-state index contributed by atoms with van der Waals surface area (Å²) in [5, 5.41) is 2.79. The Morgan fingerprint density at radius 1 is 1.35 bits per heavy atom. The van der Waals surface area contributed by atoms with Crippen LogP contribution in [-0.4, -0.2) is 24.0 Å². The van der Waals surface area contributed by atoms with Crippen LogP contribution in [0.4, 0.5) is 0 Å². The Kier molecular flexibility index (Phi) is 4.95. The molecule has 0 spiro atoms. The van der Waals surface area contributed by atoms with Gasteiger partial charge in [0, 0.05) is 16.6 Å². The number of carbonyl (C=O) groups excluding carboxylic acids is 2. The van der Waals surface area contributed by atoms with E-state index in [0.717, 1.165) is 22.9 Å². The van der Waals surface area contributed by atoms with Gasteiger partial charge >= 0.3 is 5.97 Å². The molecule has 0 unspecified atom stereocenters. The minimum atomic E-state index is -0.766. The molecular weight excluding hydrogens is 322 g/mol. The van der Waals surface area contributed by atoms with E-state index in [1.54, 1.807) is 13.0 Å². The van der Waals surface area contributed by atoms with E-state index in [0.29, 0.717) is 0 Å². The number of nitrogens with one attached hydrogen (secondary N) is 1. The van der Waals surface area contributed by atoms with Crippen molar-refractivity contribution in [3.63, 3.8) is 0 Å². The molecule has 20 heavy (non-hydrogen) atoms. The average molecular weight is 338 g/mol. The lowest BCUT2D eigenvalue weighted by Crippen LogP contribution is -2.36. The zero-order chi connectivity index (χ0) is 14.5. The maximum absolute atomic E-state index is 11.6. The van der Waals surface area contributed by atoms with Crippen LogP contribution in [0.25, 0.3) is 6.08 Å². The van der Waals surface area contributed by atoms with Gasteiger partial charge in [-0.25, -0.2) is 4.79 Å².